The fraction of sp³-hybridized carbons (Fsp3) is 0.353. The first-order valence-electron chi connectivity index (χ1n) is 7.52. The number of nitrogen functional groups attached to an aromatic ring is 1. The number of likely N-dealkylation sites (tertiary alicyclic amines) is 1. The predicted molar refractivity (Wildman–Crippen MR) is 85.4 cm³/mol. The molecule has 5 nitrogen and oxygen atoms in total. The number of hydrogen-bond acceptors (Lipinski definition) is 4. The molecule has 114 valence electrons. The Bertz CT molecular complexity index is 714. The minimum Gasteiger partial charge on any atom is -0.382 e. The molecule has 1 aliphatic heterocycles. The highest BCUT2D eigenvalue weighted by Crippen LogP contribution is 2.35. The second-order valence-corrected chi connectivity index (χ2v) is 5.81. The number of nitrogens with zero attached hydrogens (tertiary/aromatic N) is 3. The maximum absolute atomic E-state index is 12.8. The second-order valence-electron chi connectivity index (χ2n) is 5.81. The lowest BCUT2D eigenvalue weighted by Crippen LogP contribution is -2.32. The monoisotopic (exact) mass is 296 g/mol. The van der Waals surface area contributed by atoms with Crippen LogP contribution in [0.2, 0.25) is 0 Å². The van der Waals surface area contributed by atoms with Gasteiger partial charge < -0.3 is 10.6 Å². The summed E-state index contributed by atoms with van der Waals surface area (Å²) >= 11 is 0. The maximum atomic E-state index is 12.8. The standard InChI is InChI=1S/C17H20N4O/c1-11-5-6-12(2)13(10-11)14-4-3-9-21(14)17(22)15-16(18)20-8-7-19-15/h5-8,10,14H,3-4,9H2,1-2H3,(H2,18,20). The number of carbonyl (C=O) groups is 1. The van der Waals surface area contributed by atoms with E-state index in [0.717, 1.165) is 19.4 Å². The van der Waals surface area contributed by atoms with Crippen LogP contribution < -0.4 is 5.73 Å². The van der Waals surface area contributed by atoms with Crippen molar-refractivity contribution in [3.8, 4) is 0 Å². The lowest BCUT2D eigenvalue weighted by Gasteiger charge is -2.26. The van der Waals surface area contributed by atoms with E-state index in [-0.39, 0.29) is 23.5 Å². The number of benzene rings is 1. The van der Waals surface area contributed by atoms with Crippen LogP contribution in [-0.2, 0) is 0 Å². The highest BCUT2D eigenvalue weighted by molar-refractivity contribution is 5.96. The van der Waals surface area contributed by atoms with Crippen molar-refractivity contribution in [2.24, 2.45) is 0 Å². The van der Waals surface area contributed by atoms with E-state index in [1.54, 1.807) is 0 Å². The number of hydrogen-bond donors (Lipinski definition) is 1. The Balaban J connectivity index is 1.95. The average molecular weight is 296 g/mol. The van der Waals surface area contributed by atoms with E-state index >= 15 is 0 Å². The zero-order valence-electron chi connectivity index (χ0n) is 12.9. The molecule has 1 aliphatic rings. The van der Waals surface area contributed by atoms with Crippen LogP contribution >= 0.6 is 0 Å². The fourth-order valence-electron chi connectivity index (χ4n) is 3.10. The van der Waals surface area contributed by atoms with Gasteiger partial charge in [-0.05, 0) is 37.8 Å². The van der Waals surface area contributed by atoms with Crippen LogP contribution in [0.1, 0.15) is 46.1 Å². The Kier molecular flexibility index (Phi) is 3.79. The van der Waals surface area contributed by atoms with Gasteiger partial charge in [0, 0.05) is 18.9 Å². The van der Waals surface area contributed by atoms with Gasteiger partial charge in [-0.15, -0.1) is 0 Å². The van der Waals surface area contributed by atoms with Crippen LogP contribution in [0.5, 0.6) is 0 Å². The summed E-state index contributed by atoms with van der Waals surface area (Å²) in [6, 6.07) is 6.47. The van der Waals surface area contributed by atoms with Crippen molar-refractivity contribution in [2.75, 3.05) is 12.3 Å². The molecule has 1 unspecified atom stereocenters. The summed E-state index contributed by atoms with van der Waals surface area (Å²) in [6.07, 6.45) is 4.96. The Labute approximate surface area is 130 Å². The summed E-state index contributed by atoms with van der Waals surface area (Å²) < 4.78 is 0. The van der Waals surface area contributed by atoms with E-state index in [2.05, 4.69) is 42.0 Å². The van der Waals surface area contributed by atoms with Gasteiger partial charge in [-0.1, -0.05) is 23.8 Å². The first kappa shape index (κ1) is 14.5. The molecule has 0 bridgehead atoms. The van der Waals surface area contributed by atoms with Gasteiger partial charge in [-0.2, -0.15) is 0 Å². The third kappa shape index (κ3) is 2.54. The van der Waals surface area contributed by atoms with Gasteiger partial charge in [0.25, 0.3) is 5.91 Å². The predicted octanol–water partition coefficient (Wildman–Crippen LogP) is 2.65. The Hall–Kier alpha value is -2.43. The van der Waals surface area contributed by atoms with E-state index in [9.17, 15) is 4.79 Å². The first-order valence-corrected chi connectivity index (χ1v) is 7.52. The molecule has 5 heteroatoms. The topological polar surface area (TPSA) is 72.1 Å². The average Bonchev–Trinajstić information content (AvgIpc) is 2.99. The molecule has 0 saturated carbocycles. The largest absolute Gasteiger partial charge is 0.382 e. The van der Waals surface area contributed by atoms with Crippen molar-refractivity contribution in [3.05, 3.63) is 53.0 Å². The Morgan fingerprint density at radius 3 is 2.82 bits per heavy atom. The molecule has 2 aromatic rings. The molecule has 2 heterocycles. The van der Waals surface area contributed by atoms with Crippen LogP contribution in [0.4, 0.5) is 5.82 Å². The Morgan fingerprint density at radius 1 is 1.27 bits per heavy atom. The molecule has 0 spiro atoms. The molecular formula is C17H20N4O. The molecule has 1 aromatic heterocycles. The van der Waals surface area contributed by atoms with Gasteiger partial charge in [-0.25, -0.2) is 9.97 Å². The van der Waals surface area contributed by atoms with Crippen LogP contribution in [-0.4, -0.2) is 27.3 Å². The molecule has 3 rings (SSSR count). The molecule has 2 N–H and O–H groups in total. The van der Waals surface area contributed by atoms with Gasteiger partial charge in [0.1, 0.15) is 0 Å². The normalized spacial score (nSPS) is 17.7. The lowest BCUT2D eigenvalue weighted by atomic mass is 9.97. The van der Waals surface area contributed by atoms with Crippen LogP contribution in [0, 0.1) is 13.8 Å². The fourth-order valence-corrected chi connectivity index (χ4v) is 3.10. The molecule has 1 atom stereocenters. The van der Waals surface area contributed by atoms with Gasteiger partial charge in [0.2, 0.25) is 0 Å². The molecule has 1 fully saturated rings. The Morgan fingerprint density at radius 2 is 2.05 bits per heavy atom. The number of aryl methyl sites for hydroxylation is 2. The minimum atomic E-state index is -0.131. The number of anilines is 1. The van der Waals surface area contributed by atoms with Crippen molar-refractivity contribution in [3.63, 3.8) is 0 Å². The molecule has 1 amide bonds. The zero-order valence-corrected chi connectivity index (χ0v) is 12.9. The SMILES string of the molecule is Cc1ccc(C)c(C2CCCN2C(=O)c2nccnc2N)c1. The van der Waals surface area contributed by atoms with E-state index < -0.39 is 0 Å². The van der Waals surface area contributed by atoms with Crippen LogP contribution in [0.3, 0.4) is 0 Å². The van der Waals surface area contributed by atoms with Crippen molar-refractivity contribution in [2.45, 2.75) is 32.7 Å². The summed E-state index contributed by atoms with van der Waals surface area (Å²) in [6.45, 7) is 4.89. The highest BCUT2D eigenvalue weighted by atomic mass is 16.2. The van der Waals surface area contributed by atoms with Gasteiger partial charge in [0.05, 0.1) is 6.04 Å². The molecule has 0 aliphatic carbocycles. The van der Waals surface area contributed by atoms with E-state index in [1.165, 1.54) is 29.1 Å². The number of nitrogens with two attached hydrogens (primary N) is 1. The molecule has 0 radical (unpaired) electrons. The van der Waals surface area contributed by atoms with Crippen LogP contribution in [0.15, 0.2) is 30.6 Å². The summed E-state index contributed by atoms with van der Waals surface area (Å²) in [5.41, 5.74) is 9.69. The maximum Gasteiger partial charge on any atom is 0.276 e. The number of carbonyl (C=O) groups excluding carboxylic acids is 1. The summed E-state index contributed by atoms with van der Waals surface area (Å²) in [7, 11) is 0. The molecule has 1 aromatic carbocycles. The van der Waals surface area contributed by atoms with Crippen LogP contribution in [0.25, 0.3) is 0 Å². The number of rotatable bonds is 2. The summed E-state index contributed by atoms with van der Waals surface area (Å²) in [5, 5.41) is 0. The highest BCUT2D eigenvalue weighted by Gasteiger charge is 2.33. The lowest BCUT2D eigenvalue weighted by molar-refractivity contribution is 0.0730. The van der Waals surface area contributed by atoms with E-state index in [0.29, 0.717) is 0 Å². The van der Waals surface area contributed by atoms with E-state index in [1.807, 2.05) is 4.90 Å². The second kappa shape index (κ2) is 5.75. The summed E-state index contributed by atoms with van der Waals surface area (Å²) in [4.78, 5) is 22.7. The molecule has 22 heavy (non-hydrogen) atoms. The third-order valence-corrected chi connectivity index (χ3v) is 4.24. The van der Waals surface area contributed by atoms with Gasteiger partial charge in [-0.3, -0.25) is 4.79 Å². The quantitative estimate of drug-likeness (QED) is 0.924. The third-order valence-electron chi connectivity index (χ3n) is 4.24. The van der Waals surface area contributed by atoms with Crippen molar-refractivity contribution < 1.29 is 4.79 Å². The van der Waals surface area contributed by atoms with Crippen molar-refractivity contribution in [1.82, 2.24) is 14.9 Å². The van der Waals surface area contributed by atoms with Crippen molar-refractivity contribution >= 4 is 11.7 Å². The zero-order chi connectivity index (χ0) is 15.7. The number of aromatic nitrogens is 2. The summed E-state index contributed by atoms with van der Waals surface area (Å²) in [5.74, 6) is 0.0631. The number of amides is 1. The smallest absolute Gasteiger partial charge is 0.276 e. The van der Waals surface area contributed by atoms with Crippen molar-refractivity contribution in [1.29, 1.82) is 0 Å². The van der Waals surface area contributed by atoms with E-state index in [4.69, 9.17) is 5.73 Å². The van der Waals surface area contributed by atoms with Gasteiger partial charge in [0.15, 0.2) is 11.5 Å². The first-order chi connectivity index (χ1) is 10.6. The minimum absolute atomic E-state index is 0.0915. The van der Waals surface area contributed by atoms with Gasteiger partial charge >= 0.3 is 0 Å². The molecule has 1 saturated heterocycles. The molecular weight excluding hydrogens is 276 g/mol.